The monoisotopic (exact) mass is 238 g/mol. The maximum atomic E-state index is 12.2. The highest BCUT2D eigenvalue weighted by atomic mass is 16.7. The van der Waals surface area contributed by atoms with Crippen molar-refractivity contribution in [1.82, 2.24) is 0 Å². The molecule has 0 unspecified atom stereocenters. The third-order valence-electron chi connectivity index (χ3n) is 5.25. The lowest BCUT2D eigenvalue weighted by molar-refractivity contribution is -0.375. The topological polar surface area (TPSA) is 35.5 Å². The number of hydrogen-bond donors (Lipinski definition) is 0. The van der Waals surface area contributed by atoms with E-state index in [1.807, 2.05) is 6.92 Å². The van der Waals surface area contributed by atoms with Gasteiger partial charge in [0.25, 0.3) is 0 Å². The van der Waals surface area contributed by atoms with Gasteiger partial charge in [-0.3, -0.25) is 4.79 Å². The number of hydrogen-bond acceptors (Lipinski definition) is 3. The van der Waals surface area contributed by atoms with Gasteiger partial charge in [0.05, 0.1) is 11.5 Å². The number of cyclic esters (lactones) is 1. The van der Waals surface area contributed by atoms with E-state index in [0.29, 0.717) is 5.92 Å². The maximum Gasteiger partial charge on any atom is 0.314 e. The molecule has 1 aliphatic heterocycles. The molecule has 3 rings (SSSR count). The van der Waals surface area contributed by atoms with Crippen molar-refractivity contribution in [3.63, 3.8) is 0 Å². The van der Waals surface area contributed by atoms with Gasteiger partial charge >= 0.3 is 5.97 Å². The Morgan fingerprint density at radius 2 is 2.06 bits per heavy atom. The van der Waals surface area contributed by atoms with E-state index < -0.39 is 5.79 Å². The van der Waals surface area contributed by atoms with Crippen LogP contribution in [0.3, 0.4) is 0 Å². The first-order valence-electron chi connectivity index (χ1n) is 6.71. The average Bonchev–Trinajstić information content (AvgIpc) is 2.44. The summed E-state index contributed by atoms with van der Waals surface area (Å²) < 4.78 is 12.0. The first kappa shape index (κ1) is 11.5. The van der Waals surface area contributed by atoms with Gasteiger partial charge in [-0.1, -0.05) is 27.2 Å². The summed E-state index contributed by atoms with van der Waals surface area (Å²) in [7, 11) is 0. The summed E-state index contributed by atoms with van der Waals surface area (Å²) in [6, 6.07) is 0. The molecule has 2 aliphatic carbocycles. The molecule has 0 radical (unpaired) electrons. The predicted molar refractivity (Wildman–Crippen MR) is 63.2 cm³/mol. The smallest absolute Gasteiger partial charge is 0.314 e. The Balaban J connectivity index is 1.95. The molecular formula is C14H22O3. The Morgan fingerprint density at radius 1 is 1.35 bits per heavy atom. The minimum Gasteiger partial charge on any atom is -0.432 e. The standard InChI is InChI=1S/C14H22O3/c1-12(2,3)13(4)16-11(15)10-8-9-6-5-7-14(9,10)17-13/h9-10H,5-8H2,1-4H3/t9-,10+,13+,14+/m0/s1. The number of carbonyl (C=O) groups is 1. The van der Waals surface area contributed by atoms with Crippen LogP contribution in [-0.4, -0.2) is 17.4 Å². The lowest BCUT2D eigenvalue weighted by atomic mass is 9.61. The minimum absolute atomic E-state index is 0.00502. The first-order valence-corrected chi connectivity index (χ1v) is 6.71. The summed E-state index contributed by atoms with van der Waals surface area (Å²) >= 11 is 0. The van der Waals surface area contributed by atoms with E-state index >= 15 is 0 Å². The number of esters is 1. The summed E-state index contributed by atoms with van der Waals surface area (Å²) in [6.07, 6.45) is 4.40. The zero-order valence-electron chi connectivity index (χ0n) is 11.2. The van der Waals surface area contributed by atoms with Gasteiger partial charge in [-0.25, -0.2) is 0 Å². The second kappa shape index (κ2) is 3.05. The third kappa shape index (κ3) is 1.29. The van der Waals surface area contributed by atoms with Crippen LogP contribution in [-0.2, 0) is 14.3 Å². The molecule has 0 N–H and O–H groups in total. The van der Waals surface area contributed by atoms with Crippen molar-refractivity contribution >= 4 is 5.97 Å². The lowest BCUT2D eigenvalue weighted by Crippen LogP contribution is -2.68. The fourth-order valence-electron chi connectivity index (χ4n) is 3.63. The molecular weight excluding hydrogens is 216 g/mol. The number of rotatable bonds is 0. The third-order valence-corrected chi connectivity index (χ3v) is 5.25. The van der Waals surface area contributed by atoms with E-state index in [0.717, 1.165) is 12.8 Å². The zero-order chi connectivity index (χ0) is 12.5. The van der Waals surface area contributed by atoms with Crippen LogP contribution in [0, 0.1) is 17.3 Å². The Bertz CT molecular complexity index is 370. The zero-order valence-corrected chi connectivity index (χ0v) is 11.2. The Morgan fingerprint density at radius 3 is 2.65 bits per heavy atom. The van der Waals surface area contributed by atoms with Gasteiger partial charge in [-0.15, -0.1) is 0 Å². The molecule has 3 heteroatoms. The molecule has 0 amide bonds. The van der Waals surface area contributed by atoms with Crippen molar-refractivity contribution in [2.24, 2.45) is 17.3 Å². The molecule has 0 aromatic carbocycles. The summed E-state index contributed by atoms with van der Waals surface area (Å²) in [5.41, 5.74) is -0.373. The molecule has 17 heavy (non-hydrogen) atoms. The van der Waals surface area contributed by atoms with Crippen LogP contribution in [0.2, 0.25) is 0 Å². The minimum atomic E-state index is -0.774. The van der Waals surface area contributed by atoms with Crippen molar-refractivity contribution in [2.75, 3.05) is 0 Å². The highest BCUT2D eigenvalue weighted by Crippen LogP contribution is 2.62. The van der Waals surface area contributed by atoms with E-state index in [2.05, 4.69) is 20.8 Å². The summed E-state index contributed by atoms with van der Waals surface area (Å²) in [5, 5.41) is 0. The van der Waals surface area contributed by atoms with Gasteiger partial charge in [0, 0.05) is 12.3 Å². The van der Waals surface area contributed by atoms with E-state index in [-0.39, 0.29) is 22.9 Å². The molecule has 96 valence electrons. The molecule has 0 aromatic heterocycles. The van der Waals surface area contributed by atoms with Crippen molar-refractivity contribution in [3.05, 3.63) is 0 Å². The molecule has 0 aromatic rings. The van der Waals surface area contributed by atoms with Crippen LogP contribution in [0.25, 0.3) is 0 Å². The SMILES string of the molecule is CC(C)(C)[C@]1(C)OC(=O)[C@H]2C[C@@H]3CCC[C@@]32O1. The number of carbonyl (C=O) groups excluding carboxylic acids is 1. The molecule has 2 saturated carbocycles. The van der Waals surface area contributed by atoms with Crippen molar-refractivity contribution in [2.45, 2.75) is 64.8 Å². The van der Waals surface area contributed by atoms with Gasteiger partial charge in [-0.05, 0) is 25.2 Å². The molecule has 0 bridgehead atoms. The molecule has 4 atom stereocenters. The normalized spacial score (nSPS) is 49.1. The molecule has 3 fully saturated rings. The van der Waals surface area contributed by atoms with Gasteiger partial charge in [0.1, 0.15) is 0 Å². The maximum absolute atomic E-state index is 12.2. The second-order valence-corrected chi connectivity index (χ2v) is 7.05. The summed E-state index contributed by atoms with van der Waals surface area (Å²) in [5.74, 6) is -0.219. The molecule has 1 spiro atoms. The van der Waals surface area contributed by atoms with Crippen LogP contribution in [0.1, 0.15) is 53.4 Å². The summed E-state index contributed by atoms with van der Waals surface area (Å²) in [6.45, 7) is 8.13. The molecule has 1 heterocycles. The molecule has 3 nitrogen and oxygen atoms in total. The van der Waals surface area contributed by atoms with Crippen molar-refractivity contribution in [1.29, 1.82) is 0 Å². The van der Waals surface area contributed by atoms with Crippen molar-refractivity contribution in [3.8, 4) is 0 Å². The van der Waals surface area contributed by atoms with E-state index in [4.69, 9.17) is 9.47 Å². The Kier molecular flexibility index (Phi) is 2.07. The quantitative estimate of drug-likeness (QED) is 0.609. The van der Waals surface area contributed by atoms with Gasteiger partial charge < -0.3 is 9.47 Å². The largest absolute Gasteiger partial charge is 0.432 e. The molecule has 3 aliphatic rings. The number of ether oxygens (including phenoxy) is 2. The van der Waals surface area contributed by atoms with Crippen molar-refractivity contribution < 1.29 is 14.3 Å². The lowest BCUT2D eigenvalue weighted by Gasteiger charge is -2.60. The van der Waals surface area contributed by atoms with Crippen LogP contribution >= 0.6 is 0 Å². The van der Waals surface area contributed by atoms with Crippen LogP contribution in [0.5, 0.6) is 0 Å². The fraction of sp³-hybridized carbons (Fsp3) is 0.929. The summed E-state index contributed by atoms with van der Waals surface area (Å²) in [4.78, 5) is 12.2. The highest BCUT2D eigenvalue weighted by molar-refractivity contribution is 5.77. The van der Waals surface area contributed by atoms with Gasteiger partial charge in [0.2, 0.25) is 5.79 Å². The Labute approximate surface area is 103 Å². The van der Waals surface area contributed by atoms with Crippen LogP contribution < -0.4 is 0 Å². The van der Waals surface area contributed by atoms with Gasteiger partial charge in [-0.2, -0.15) is 0 Å². The van der Waals surface area contributed by atoms with Gasteiger partial charge in [0.15, 0.2) is 0 Å². The highest BCUT2D eigenvalue weighted by Gasteiger charge is 2.69. The Hall–Kier alpha value is -0.570. The van der Waals surface area contributed by atoms with Crippen LogP contribution in [0.15, 0.2) is 0 Å². The van der Waals surface area contributed by atoms with E-state index in [1.54, 1.807) is 0 Å². The first-order chi connectivity index (χ1) is 7.79. The second-order valence-electron chi connectivity index (χ2n) is 7.05. The predicted octanol–water partition coefficient (Wildman–Crippen LogP) is 2.88. The fourth-order valence-corrected chi connectivity index (χ4v) is 3.63. The van der Waals surface area contributed by atoms with E-state index in [1.165, 1.54) is 12.8 Å². The van der Waals surface area contributed by atoms with E-state index in [9.17, 15) is 4.79 Å². The average molecular weight is 238 g/mol. The molecule has 1 saturated heterocycles. The van der Waals surface area contributed by atoms with Crippen LogP contribution in [0.4, 0.5) is 0 Å².